The van der Waals surface area contributed by atoms with Gasteiger partial charge in [-0.1, -0.05) is 12.1 Å². The molecule has 8 heteroatoms. The number of rotatable bonds is 5. The van der Waals surface area contributed by atoms with E-state index >= 15 is 0 Å². The Bertz CT molecular complexity index is 995. The van der Waals surface area contributed by atoms with E-state index < -0.39 is 23.9 Å². The molecule has 1 heterocycles. The van der Waals surface area contributed by atoms with Gasteiger partial charge in [0.2, 0.25) is 0 Å². The quantitative estimate of drug-likeness (QED) is 0.677. The zero-order valence-corrected chi connectivity index (χ0v) is 13.8. The van der Waals surface area contributed by atoms with E-state index in [4.69, 9.17) is 14.9 Å². The number of amides is 2. The van der Waals surface area contributed by atoms with Crippen LogP contribution in [0.15, 0.2) is 53.3 Å². The first-order chi connectivity index (χ1) is 12.5. The second-order valence-corrected chi connectivity index (χ2v) is 5.48. The van der Waals surface area contributed by atoms with Gasteiger partial charge in [-0.05, 0) is 37.3 Å². The van der Waals surface area contributed by atoms with Crippen LogP contribution in [-0.4, -0.2) is 28.9 Å². The Hall–Kier alpha value is -3.68. The smallest absolute Gasteiger partial charge is 0.339 e. The van der Waals surface area contributed by atoms with Crippen molar-refractivity contribution in [2.75, 3.05) is 5.32 Å². The summed E-state index contributed by atoms with van der Waals surface area (Å²) in [6, 6.07) is 10.9. The van der Waals surface area contributed by atoms with E-state index in [1.54, 1.807) is 18.2 Å². The molecule has 1 aromatic heterocycles. The van der Waals surface area contributed by atoms with E-state index in [-0.39, 0.29) is 16.8 Å². The maximum absolute atomic E-state index is 12.3. The second kappa shape index (κ2) is 7.06. The molecule has 1 unspecified atom stereocenters. The van der Waals surface area contributed by atoms with Gasteiger partial charge in [0.15, 0.2) is 18.1 Å². The minimum Gasteiger partial charge on any atom is -0.449 e. The van der Waals surface area contributed by atoms with Crippen molar-refractivity contribution in [1.82, 2.24) is 4.98 Å². The SMILES string of the molecule is CC(OC(=O)c1ccc2ncoc2c1)C(=O)Nc1ccccc1C(N)=O. The van der Waals surface area contributed by atoms with Crippen LogP contribution in [0.1, 0.15) is 27.6 Å². The number of benzene rings is 2. The molecule has 0 bridgehead atoms. The Kier molecular flexibility index (Phi) is 4.66. The van der Waals surface area contributed by atoms with Gasteiger partial charge in [-0.2, -0.15) is 0 Å². The van der Waals surface area contributed by atoms with Gasteiger partial charge in [0.05, 0.1) is 16.8 Å². The first kappa shape index (κ1) is 17.2. The number of nitrogens with two attached hydrogens (primary N) is 1. The fourth-order valence-electron chi connectivity index (χ4n) is 2.31. The minimum absolute atomic E-state index is 0.162. The van der Waals surface area contributed by atoms with Crippen molar-refractivity contribution in [3.63, 3.8) is 0 Å². The van der Waals surface area contributed by atoms with E-state index in [1.165, 1.54) is 37.6 Å². The Morgan fingerprint density at radius 2 is 1.96 bits per heavy atom. The molecule has 0 fully saturated rings. The number of esters is 1. The van der Waals surface area contributed by atoms with E-state index in [0.717, 1.165) is 0 Å². The third-order valence-electron chi connectivity index (χ3n) is 3.67. The van der Waals surface area contributed by atoms with Gasteiger partial charge in [0, 0.05) is 0 Å². The summed E-state index contributed by atoms with van der Waals surface area (Å²) in [6.07, 6.45) is 0.181. The largest absolute Gasteiger partial charge is 0.449 e. The van der Waals surface area contributed by atoms with Gasteiger partial charge in [0.1, 0.15) is 5.52 Å². The van der Waals surface area contributed by atoms with E-state index in [2.05, 4.69) is 10.3 Å². The van der Waals surface area contributed by atoms with Crippen LogP contribution in [0.2, 0.25) is 0 Å². The first-order valence-corrected chi connectivity index (χ1v) is 7.69. The molecule has 3 N–H and O–H groups in total. The van der Waals surface area contributed by atoms with Crippen LogP contribution < -0.4 is 11.1 Å². The maximum Gasteiger partial charge on any atom is 0.339 e. The maximum atomic E-state index is 12.3. The predicted octanol–water partition coefficient (Wildman–Crippen LogP) is 2.11. The number of nitrogens with zero attached hydrogens (tertiary/aromatic N) is 1. The number of ether oxygens (including phenoxy) is 1. The van der Waals surface area contributed by atoms with Crippen LogP contribution in [0.4, 0.5) is 5.69 Å². The van der Waals surface area contributed by atoms with Crippen LogP contribution >= 0.6 is 0 Å². The van der Waals surface area contributed by atoms with Gasteiger partial charge in [-0.15, -0.1) is 0 Å². The summed E-state index contributed by atoms with van der Waals surface area (Å²) in [5.74, 6) is -1.95. The van der Waals surface area contributed by atoms with Crippen molar-refractivity contribution in [2.45, 2.75) is 13.0 Å². The summed E-state index contributed by atoms with van der Waals surface area (Å²) < 4.78 is 10.3. The van der Waals surface area contributed by atoms with Crippen molar-refractivity contribution in [3.8, 4) is 0 Å². The number of oxazole rings is 1. The first-order valence-electron chi connectivity index (χ1n) is 7.69. The molecule has 0 aliphatic rings. The fraction of sp³-hybridized carbons (Fsp3) is 0.111. The highest BCUT2D eigenvalue weighted by atomic mass is 16.5. The van der Waals surface area contributed by atoms with Crippen molar-refractivity contribution in [2.24, 2.45) is 5.73 Å². The van der Waals surface area contributed by atoms with E-state index in [0.29, 0.717) is 11.1 Å². The molecule has 2 amide bonds. The molecule has 0 spiro atoms. The monoisotopic (exact) mass is 353 g/mol. The molecular formula is C18H15N3O5. The number of anilines is 1. The highest BCUT2D eigenvalue weighted by Gasteiger charge is 2.21. The number of hydrogen-bond donors (Lipinski definition) is 2. The molecule has 0 radical (unpaired) electrons. The lowest BCUT2D eigenvalue weighted by atomic mass is 10.1. The summed E-state index contributed by atoms with van der Waals surface area (Å²) in [7, 11) is 0. The number of carbonyl (C=O) groups excluding carboxylic acids is 3. The van der Waals surface area contributed by atoms with Crippen LogP contribution in [0.25, 0.3) is 11.1 Å². The number of aromatic nitrogens is 1. The van der Waals surface area contributed by atoms with Gasteiger partial charge < -0.3 is 20.2 Å². The normalized spacial score (nSPS) is 11.7. The van der Waals surface area contributed by atoms with Crippen LogP contribution in [0.5, 0.6) is 0 Å². The number of carbonyl (C=O) groups is 3. The number of para-hydroxylation sites is 1. The minimum atomic E-state index is -1.09. The van der Waals surface area contributed by atoms with Crippen molar-refractivity contribution >= 4 is 34.6 Å². The molecular weight excluding hydrogens is 338 g/mol. The lowest BCUT2D eigenvalue weighted by molar-refractivity contribution is -0.123. The fourth-order valence-corrected chi connectivity index (χ4v) is 2.31. The number of hydrogen-bond acceptors (Lipinski definition) is 6. The lowest BCUT2D eigenvalue weighted by Crippen LogP contribution is -2.30. The van der Waals surface area contributed by atoms with Crippen molar-refractivity contribution in [1.29, 1.82) is 0 Å². The van der Waals surface area contributed by atoms with Gasteiger partial charge in [-0.25, -0.2) is 9.78 Å². The molecule has 26 heavy (non-hydrogen) atoms. The Labute approximate surface area is 147 Å². The Morgan fingerprint density at radius 1 is 1.19 bits per heavy atom. The number of primary amides is 1. The number of fused-ring (bicyclic) bond motifs is 1. The van der Waals surface area contributed by atoms with E-state index in [1.807, 2.05) is 0 Å². The highest BCUT2D eigenvalue weighted by molar-refractivity contribution is 6.04. The molecule has 2 aromatic carbocycles. The molecule has 0 aliphatic carbocycles. The highest BCUT2D eigenvalue weighted by Crippen LogP contribution is 2.17. The van der Waals surface area contributed by atoms with E-state index in [9.17, 15) is 14.4 Å². The summed E-state index contributed by atoms with van der Waals surface area (Å²) >= 11 is 0. The second-order valence-electron chi connectivity index (χ2n) is 5.48. The summed E-state index contributed by atoms with van der Waals surface area (Å²) in [6.45, 7) is 1.42. The number of nitrogens with one attached hydrogen (secondary N) is 1. The summed E-state index contributed by atoms with van der Waals surface area (Å²) in [5, 5.41) is 2.53. The molecule has 0 aliphatic heterocycles. The average Bonchev–Trinajstić information content (AvgIpc) is 3.09. The summed E-state index contributed by atoms with van der Waals surface area (Å²) in [4.78, 5) is 39.8. The zero-order valence-electron chi connectivity index (χ0n) is 13.8. The molecule has 1 atom stereocenters. The van der Waals surface area contributed by atoms with Gasteiger partial charge in [0.25, 0.3) is 11.8 Å². The van der Waals surface area contributed by atoms with Gasteiger partial charge >= 0.3 is 5.97 Å². The molecule has 8 nitrogen and oxygen atoms in total. The topological polar surface area (TPSA) is 125 Å². The molecule has 3 rings (SSSR count). The van der Waals surface area contributed by atoms with Crippen molar-refractivity contribution in [3.05, 3.63) is 60.0 Å². The summed E-state index contributed by atoms with van der Waals surface area (Å²) in [5.41, 5.74) is 6.95. The predicted molar refractivity (Wildman–Crippen MR) is 92.5 cm³/mol. The standard InChI is InChI=1S/C18H15N3O5/c1-10(17(23)21-13-5-3-2-4-12(13)16(19)22)26-18(24)11-6-7-14-15(8-11)25-9-20-14/h2-10H,1H3,(H2,19,22)(H,21,23). The third kappa shape index (κ3) is 3.54. The Morgan fingerprint density at radius 3 is 2.73 bits per heavy atom. The van der Waals surface area contributed by atoms with Crippen LogP contribution in [-0.2, 0) is 9.53 Å². The van der Waals surface area contributed by atoms with Gasteiger partial charge in [-0.3, -0.25) is 9.59 Å². The Balaban J connectivity index is 1.69. The van der Waals surface area contributed by atoms with Crippen LogP contribution in [0.3, 0.4) is 0 Å². The average molecular weight is 353 g/mol. The molecule has 0 saturated carbocycles. The van der Waals surface area contributed by atoms with Crippen molar-refractivity contribution < 1.29 is 23.5 Å². The molecule has 132 valence electrons. The molecule has 0 saturated heterocycles. The molecule has 3 aromatic rings. The third-order valence-corrected chi connectivity index (χ3v) is 3.67. The lowest BCUT2D eigenvalue weighted by Gasteiger charge is -2.14. The zero-order chi connectivity index (χ0) is 18.7. The van der Waals surface area contributed by atoms with Crippen LogP contribution in [0, 0.1) is 0 Å².